The largest absolute Gasteiger partial charge is 0.330 e. The van der Waals surface area contributed by atoms with Gasteiger partial charge in [-0.2, -0.15) is 0 Å². The summed E-state index contributed by atoms with van der Waals surface area (Å²) in [6.07, 6.45) is 8.28. The maximum Gasteiger partial charge on any atom is 0.00670 e. The molecule has 1 atom stereocenters. The Hall–Kier alpha value is -0.0800. The normalized spacial score (nSPS) is 21.7. The van der Waals surface area contributed by atoms with Crippen molar-refractivity contribution in [3.8, 4) is 0 Å². The van der Waals surface area contributed by atoms with Crippen molar-refractivity contribution in [3.63, 3.8) is 0 Å². The molecule has 2 heteroatoms. The molecule has 1 unspecified atom stereocenters. The summed E-state index contributed by atoms with van der Waals surface area (Å²) < 4.78 is 0. The summed E-state index contributed by atoms with van der Waals surface area (Å²) in [7, 11) is 0. The van der Waals surface area contributed by atoms with Gasteiger partial charge in [0.1, 0.15) is 0 Å². The minimum Gasteiger partial charge on any atom is -0.330 e. The molecule has 0 aromatic rings. The minimum absolute atomic E-state index is 0.677. The van der Waals surface area contributed by atoms with Gasteiger partial charge in [-0.1, -0.05) is 26.2 Å². The van der Waals surface area contributed by atoms with E-state index in [0.717, 1.165) is 19.1 Å². The molecule has 3 N–H and O–H groups in total. The summed E-state index contributed by atoms with van der Waals surface area (Å²) in [4.78, 5) is 0. The Kier molecular flexibility index (Phi) is 5.40. The Morgan fingerprint density at radius 2 is 2.00 bits per heavy atom. The van der Waals surface area contributed by atoms with E-state index < -0.39 is 0 Å². The van der Waals surface area contributed by atoms with Gasteiger partial charge in [0.25, 0.3) is 0 Å². The van der Waals surface area contributed by atoms with Crippen LogP contribution in [0.25, 0.3) is 0 Å². The maximum atomic E-state index is 5.56. The molecule has 0 bridgehead atoms. The molecule has 0 spiro atoms. The molecular weight excluding hydrogens is 160 g/mol. The van der Waals surface area contributed by atoms with E-state index in [4.69, 9.17) is 5.73 Å². The molecule has 1 saturated carbocycles. The Bertz CT molecular complexity index is 119. The average Bonchev–Trinajstić information content (AvgIpc) is 2.19. The molecule has 13 heavy (non-hydrogen) atoms. The Morgan fingerprint density at radius 3 is 2.62 bits per heavy atom. The van der Waals surface area contributed by atoms with E-state index in [9.17, 15) is 0 Å². The molecule has 0 amide bonds. The highest BCUT2D eigenvalue weighted by atomic mass is 14.9. The maximum absolute atomic E-state index is 5.56. The van der Waals surface area contributed by atoms with Crippen LogP contribution >= 0.6 is 0 Å². The Balaban J connectivity index is 1.98. The van der Waals surface area contributed by atoms with Crippen molar-refractivity contribution in [2.24, 2.45) is 11.7 Å². The van der Waals surface area contributed by atoms with Crippen LogP contribution < -0.4 is 11.1 Å². The second-order valence-electron chi connectivity index (χ2n) is 4.42. The highest BCUT2D eigenvalue weighted by Crippen LogP contribution is 2.17. The first-order valence-electron chi connectivity index (χ1n) is 5.76. The summed E-state index contributed by atoms with van der Waals surface area (Å²) >= 11 is 0. The number of rotatable bonds is 5. The highest BCUT2D eigenvalue weighted by molar-refractivity contribution is 4.72. The Labute approximate surface area is 82.3 Å². The quantitative estimate of drug-likeness (QED) is 0.685. The second kappa shape index (κ2) is 6.39. The monoisotopic (exact) mass is 184 g/mol. The zero-order valence-corrected chi connectivity index (χ0v) is 8.89. The minimum atomic E-state index is 0.677. The van der Waals surface area contributed by atoms with Crippen molar-refractivity contribution in [2.75, 3.05) is 13.1 Å². The summed E-state index contributed by atoms with van der Waals surface area (Å²) in [5, 5.41) is 3.63. The average molecular weight is 184 g/mol. The fraction of sp³-hybridized carbons (Fsp3) is 1.00. The van der Waals surface area contributed by atoms with Crippen molar-refractivity contribution < 1.29 is 0 Å². The van der Waals surface area contributed by atoms with E-state index in [0.29, 0.717) is 5.92 Å². The van der Waals surface area contributed by atoms with Crippen LogP contribution in [0.3, 0.4) is 0 Å². The smallest absolute Gasteiger partial charge is 0.00670 e. The lowest BCUT2D eigenvalue weighted by Gasteiger charge is -2.23. The summed E-state index contributed by atoms with van der Waals surface area (Å²) in [5.41, 5.74) is 5.56. The summed E-state index contributed by atoms with van der Waals surface area (Å²) in [5.74, 6) is 0.677. The number of nitrogens with two attached hydrogens (primary N) is 1. The first kappa shape index (κ1) is 11.0. The second-order valence-corrected chi connectivity index (χ2v) is 4.42. The van der Waals surface area contributed by atoms with Crippen molar-refractivity contribution in [1.82, 2.24) is 5.32 Å². The molecule has 1 aliphatic carbocycles. The lowest BCUT2D eigenvalue weighted by atomic mass is 9.95. The van der Waals surface area contributed by atoms with E-state index in [1.54, 1.807) is 0 Å². The number of hydrogen-bond acceptors (Lipinski definition) is 2. The first-order valence-corrected chi connectivity index (χ1v) is 5.76. The standard InChI is InChI=1S/C11H24N2/c1-10(9-12)7-8-13-11-5-3-2-4-6-11/h10-11,13H,2-9,12H2,1H3. The molecular formula is C11H24N2. The van der Waals surface area contributed by atoms with E-state index in [-0.39, 0.29) is 0 Å². The van der Waals surface area contributed by atoms with Gasteiger partial charge in [-0.3, -0.25) is 0 Å². The van der Waals surface area contributed by atoms with E-state index >= 15 is 0 Å². The van der Waals surface area contributed by atoms with Crippen molar-refractivity contribution >= 4 is 0 Å². The molecule has 0 radical (unpaired) electrons. The highest BCUT2D eigenvalue weighted by Gasteiger charge is 2.12. The number of nitrogens with one attached hydrogen (secondary N) is 1. The van der Waals surface area contributed by atoms with Crippen LogP contribution in [0.5, 0.6) is 0 Å². The zero-order chi connectivity index (χ0) is 9.52. The van der Waals surface area contributed by atoms with E-state index in [1.165, 1.54) is 38.5 Å². The van der Waals surface area contributed by atoms with Gasteiger partial charge >= 0.3 is 0 Å². The van der Waals surface area contributed by atoms with Crippen LogP contribution in [-0.2, 0) is 0 Å². The third kappa shape index (κ3) is 4.63. The van der Waals surface area contributed by atoms with Crippen LogP contribution in [-0.4, -0.2) is 19.1 Å². The third-order valence-corrected chi connectivity index (χ3v) is 3.08. The number of hydrogen-bond donors (Lipinski definition) is 2. The van der Waals surface area contributed by atoms with Gasteiger partial charge in [0, 0.05) is 6.04 Å². The van der Waals surface area contributed by atoms with Crippen molar-refractivity contribution in [3.05, 3.63) is 0 Å². The van der Waals surface area contributed by atoms with Crippen LogP contribution in [0.4, 0.5) is 0 Å². The molecule has 0 heterocycles. The van der Waals surface area contributed by atoms with E-state index in [1.807, 2.05) is 0 Å². The summed E-state index contributed by atoms with van der Waals surface area (Å²) in [6.45, 7) is 4.21. The van der Waals surface area contributed by atoms with Crippen molar-refractivity contribution in [2.45, 2.75) is 51.5 Å². The molecule has 78 valence electrons. The fourth-order valence-electron chi connectivity index (χ4n) is 1.96. The van der Waals surface area contributed by atoms with Gasteiger partial charge in [-0.15, -0.1) is 0 Å². The van der Waals surface area contributed by atoms with Gasteiger partial charge in [0.05, 0.1) is 0 Å². The molecule has 2 nitrogen and oxygen atoms in total. The van der Waals surface area contributed by atoms with Crippen molar-refractivity contribution in [1.29, 1.82) is 0 Å². The van der Waals surface area contributed by atoms with Crippen LogP contribution in [0, 0.1) is 5.92 Å². The van der Waals surface area contributed by atoms with Crippen LogP contribution in [0.15, 0.2) is 0 Å². The lowest BCUT2D eigenvalue weighted by Crippen LogP contribution is -2.32. The van der Waals surface area contributed by atoms with Crippen LogP contribution in [0.1, 0.15) is 45.4 Å². The van der Waals surface area contributed by atoms with Gasteiger partial charge in [-0.25, -0.2) is 0 Å². The van der Waals surface area contributed by atoms with Gasteiger partial charge in [0.15, 0.2) is 0 Å². The first-order chi connectivity index (χ1) is 6.33. The lowest BCUT2D eigenvalue weighted by molar-refractivity contribution is 0.361. The predicted octanol–water partition coefficient (Wildman–Crippen LogP) is 1.89. The molecule has 1 aliphatic rings. The molecule has 0 aromatic heterocycles. The molecule has 1 fully saturated rings. The summed E-state index contributed by atoms with van der Waals surface area (Å²) in [6, 6.07) is 0.804. The molecule has 1 rings (SSSR count). The SMILES string of the molecule is CC(CN)CCNC1CCCCC1. The molecule has 0 saturated heterocycles. The van der Waals surface area contributed by atoms with Gasteiger partial charge < -0.3 is 11.1 Å². The van der Waals surface area contributed by atoms with Crippen LogP contribution in [0.2, 0.25) is 0 Å². The van der Waals surface area contributed by atoms with Gasteiger partial charge in [0.2, 0.25) is 0 Å². The predicted molar refractivity (Wildman–Crippen MR) is 57.7 cm³/mol. The molecule has 0 aliphatic heterocycles. The topological polar surface area (TPSA) is 38.0 Å². The third-order valence-electron chi connectivity index (χ3n) is 3.08. The van der Waals surface area contributed by atoms with E-state index in [2.05, 4.69) is 12.2 Å². The molecule has 0 aromatic carbocycles. The Morgan fingerprint density at radius 1 is 1.31 bits per heavy atom. The van der Waals surface area contributed by atoms with Gasteiger partial charge in [-0.05, 0) is 38.3 Å². The zero-order valence-electron chi connectivity index (χ0n) is 8.89. The fourth-order valence-corrected chi connectivity index (χ4v) is 1.96.